The Morgan fingerprint density at radius 3 is 2.30 bits per heavy atom. The number of likely N-dealkylation sites (tertiary alicyclic amines) is 2. The minimum absolute atomic E-state index is 0.0596. The fourth-order valence-electron chi connectivity index (χ4n) is 3.86. The summed E-state index contributed by atoms with van der Waals surface area (Å²) in [6, 6.07) is 7.21. The van der Waals surface area contributed by atoms with Gasteiger partial charge in [0.05, 0.1) is 6.42 Å². The molecule has 1 aromatic rings. The average molecular weight is 318 g/mol. The highest BCUT2D eigenvalue weighted by Crippen LogP contribution is 2.21. The Morgan fingerprint density at radius 1 is 1.00 bits per heavy atom. The summed E-state index contributed by atoms with van der Waals surface area (Å²) >= 11 is 0. The number of carbonyl (C=O) groups is 1. The molecule has 2 heterocycles. The molecule has 3 nitrogen and oxygen atoms in total. The summed E-state index contributed by atoms with van der Waals surface area (Å²) in [7, 11) is 0. The van der Waals surface area contributed by atoms with E-state index in [2.05, 4.69) is 4.90 Å². The van der Waals surface area contributed by atoms with Gasteiger partial charge in [0, 0.05) is 19.1 Å². The lowest BCUT2D eigenvalue weighted by Gasteiger charge is -2.38. The van der Waals surface area contributed by atoms with E-state index < -0.39 is 0 Å². The number of hydrogen-bond acceptors (Lipinski definition) is 2. The first-order valence-electron chi connectivity index (χ1n) is 8.99. The highest BCUT2D eigenvalue weighted by Gasteiger charge is 2.27. The molecule has 0 aliphatic carbocycles. The van der Waals surface area contributed by atoms with E-state index in [0.29, 0.717) is 11.6 Å². The molecule has 0 aromatic heterocycles. The molecular weight excluding hydrogens is 291 g/mol. The normalized spacial score (nSPS) is 21.2. The standard InChI is InChI=1S/C19H27FN2O/c20-18-8-4-3-7-16(18)15-19(23)22-13-9-17(10-14-22)21-11-5-1-2-6-12-21/h3-4,7-8,17H,1-2,5-6,9-15H2. The van der Waals surface area contributed by atoms with Crippen molar-refractivity contribution < 1.29 is 9.18 Å². The summed E-state index contributed by atoms with van der Waals surface area (Å²) in [5, 5.41) is 0. The van der Waals surface area contributed by atoms with E-state index in [4.69, 9.17) is 0 Å². The van der Waals surface area contributed by atoms with Gasteiger partial charge in [-0.15, -0.1) is 0 Å². The van der Waals surface area contributed by atoms with Gasteiger partial charge in [-0.25, -0.2) is 4.39 Å². The molecule has 1 amide bonds. The molecule has 0 radical (unpaired) electrons. The van der Waals surface area contributed by atoms with E-state index in [0.717, 1.165) is 25.9 Å². The SMILES string of the molecule is O=C(Cc1ccccc1F)N1CCC(N2CCCCCC2)CC1. The minimum atomic E-state index is -0.277. The molecular formula is C19H27FN2O. The zero-order valence-corrected chi connectivity index (χ0v) is 13.8. The van der Waals surface area contributed by atoms with Crippen LogP contribution in [0.1, 0.15) is 44.1 Å². The maximum atomic E-state index is 13.7. The van der Waals surface area contributed by atoms with Gasteiger partial charge >= 0.3 is 0 Å². The molecule has 2 saturated heterocycles. The van der Waals surface area contributed by atoms with E-state index in [1.54, 1.807) is 18.2 Å². The Hall–Kier alpha value is -1.42. The minimum Gasteiger partial charge on any atom is -0.342 e. The molecule has 1 aromatic carbocycles. The Kier molecular flexibility index (Phi) is 5.65. The van der Waals surface area contributed by atoms with Crippen LogP contribution in [0.5, 0.6) is 0 Å². The van der Waals surface area contributed by atoms with Crippen LogP contribution in [0.25, 0.3) is 0 Å². The molecule has 2 aliphatic rings. The number of hydrogen-bond donors (Lipinski definition) is 0. The second kappa shape index (κ2) is 7.91. The molecule has 23 heavy (non-hydrogen) atoms. The van der Waals surface area contributed by atoms with Crippen molar-refractivity contribution in [3.05, 3.63) is 35.6 Å². The van der Waals surface area contributed by atoms with Crippen molar-refractivity contribution in [1.29, 1.82) is 0 Å². The smallest absolute Gasteiger partial charge is 0.227 e. The van der Waals surface area contributed by atoms with Gasteiger partial charge < -0.3 is 9.80 Å². The summed E-state index contributed by atoms with van der Waals surface area (Å²) in [4.78, 5) is 17.0. The van der Waals surface area contributed by atoms with Crippen LogP contribution in [-0.4, -0.2) is 47.9 Å². The molecule has 2 aliphatic heterocycles. The second-order valence-corrected chi connectivity index (χ2v) is 6.83. The van der Waals surface area contributed by atoms with Crippen molar-refractivity contribution in [2.24, 2.45) is 0 Å². The first kappa shape index (κ1) is 16.4. The first-order chi connectivity index (χ1) is 11.2. The molecule has 126 valence electrons. The molecule has 0 saturated carbocycles. The summed E-state index contributed by atoms with van der Waals surface area (Å²) < 4.78 is 13.7. The summed E-state index contributed by atoms with van der Waals surface area (Å²) in [5.41, 5.74) is 0.507. The Balaban J connectivity index is 1.50. The Labute approximate surface area is 138 Å². The van der Waals surface area contributed by atoms with Crippen LogP contribution < -0.4 is 0 Å². The van der Waals surface area contributed by atoms with Crippen molar-refractivity contribution in [3.63, 3.8) is 0 Å². The number of rotatable bonds is 3. The quantitative estimate of drug-likeness (QED) is 0.854. The molecule has 0 unspecified atom stereocenters. The van der Waals surface area contributed by atoms with Crippen LogP contribution in [-0.2, 0) is 11.2 Å². The van der Waals surface area contributed by atoms with Gasteiger partial charge in [-0.2, -0.15) is 0 Å². The predicted octanol–water partition coefficient (Wildman–Crippen LogP) is 3.24. The van der Waals surface area contributed by atoms with Crippen LogP contribution in [0, 0.1) is 5.82 Å². The van der Waals surface area contributed by atoms with Crippen molar-refractivity contribution in [2.75, 3.05) is 26.2 Å². The third kappa shape index (κ3) is 4.31. The monoisotopic (exact) mass is 318 g/mol. The Morgan fingerprint density at radius 2 is 1.65 bits per heavy atom. The highest BCUT2D eigenvalue weighted by atomic mass is 19.1. The van der Waals surface area contributed by atoms with Crippen molar-refractivity contribution >= 4 is 5.91 Å². The van der Waals surface area contributed by atoms with Gasteiger partial charge in [-0.3, -0.25) is 4.79 Å². The largest absolute Gasteiger partial charge is 0.342 e. The number of amides is 1. The third-order valence-corrected chi connectivity index (χ3v) is 5.27. The lowest BCUT2D eigenvalue weighted by molar-refractivity contribution is -0.132. The predicted molar refractivity (Wildman–Crippen MR) is 89.7 cm³/mol. The highest BCUT2D eigenvalue weighted by molar-refractivity contribution is 5.78. The number of halogens is 1. The maximum absolute atomic E-state index is 13.7. The van der Waals surface area contributed by atoms with E-state index >= 15 is 0 Å². The lowest BCUT2D eigenvalue weighted by atomic mass is 10.0. The van der Waals surface area contributed by atoms with Gasteiger partial charge in [0.25, 0.3) is 0 Å². The third-order valence-electron chi connectivity index (χ3n) is 5.27. The number of piperidine rings is 1. The first-order valence-corrected chi connectivity index (χ1v) is 8.99. The summed E-state index contributed by atoms with van der Waals surface area (Å²) in [6.07, 6.45) is 7.64. The Bertz CT molecular complexity index is 518. The van der Waals surface area contributed by atoms with Crippen molar-refractivity contribution in [1.82, 2.24) is 9.80 Å². The van der Waals surface area contributed by atoms with Gasteiger partial charge in [0.15, 0.2) is 0 Å². The molecule has 0 N–H and O–H groups in total. The van der Waals surface area contributed by atoms with E-state index in [1.165, 1.54) is 44.8 Å². The van der Waals surface area contributed by atoms with Crippen LogP contribution in [0.15, 0.2) is 24.3 Å². The molecule has 3 rings (SSSR count). The van der Waals surface area contributed by atoms with Crippen LogP contribution in [0.4, 0.5) is 4.39 Å². The number of nitrogens with zero attached hydrogens (tertiary/aromatic N) is 2. The fourth-order valence-corrected chi connectivity index (χ4v) is 3.86. The van der Waals surface area contributed by atoms with Gasteiger partial charge in [0.2, 0.25) is 5.91 Å². The van der Waals surface area contributed by atoms with Gasteiger partial charge in [-0.1, -0.05) is 31.0 Å². The molecule has 0 atom stereocenters. The zero-order valence-electron chi connectivity index (χ0n) is 13.8. The van der Waals surface area contributed by atoms with Gasteiger partial charge in [-0.05, 0) is 50.4 Å². The van der Waals surface area contributed by atoms with E-state index in [-0.39, 0.29) is 18.1 Å². The van der Waals surface area contributed by atoms with Crippen LogP contribution in [0.3, 0.4) is 0 Å². The maximum Gasteiger partial charge on any atom is 0.227 e. The summed E-state index contributed by atoms with van der Waals surface area (Å²) in [6.45, 7) is 4.06. The van der Waals surface area contributed by atoms with Crippen LogP contribution in [0.2, 0.25) is 0 Å². The topological polar surface area (TPSA) is 23.6 Å². The number of carbonyl (C=O) groups excluding carboxylic acids is 1. The fraction of sp³-hybridized carbons (Fsp3) is 0.632. The lowest BCUT2D eigenvalue weighted by Crippen LogP contribution is -2.47. The van der Waals surface area contributed by atoms with Crippen molar-refractivity contribution in [3.8, 4) is 0 Å². The molecule has 0 spiro atoms. The second-order valence-electron chi connectivity index (χ2n) is 6.83. The molecule has 2 fully saturated rings. The van der Waals surface area contributed by atoms with Crippen molar-refractivity contribution in [2.45, 2.75) is 51.0 Å². The van der Waals surface area contributed by atoms with E-state index in [1.807, 2.05) is 4.90 Å². The zero-order chi connectivity index (χ0) is 16.1. The number of benzene rings is 1. The molecule has 0 bridgehead atoms. The average Bonchev–Trinajstić information content (AvgIpc) is 2.86. The molecule has 4 heteroatoms. The van der Waals surface area contributed by atoms with Crippen LogP contribution >= 0.6 is 0 Å². The van der Waals surface area contributed by atoms with E-state index in [9.17, 15) is 9.18 Å². The van der Waals surface area contributed by atoms with Gasteiger partial charge in [0.1, 0.15) is 5.82 Å². The summed E-state index contributed by atoms with van der Waals surface area (Å²) in [5.74, 6) is -0.218.